The Labute approximate surface area is 125 Å². The maximum Gasteiger partial charge on any atom is 0.416 e. The van der Waals surface area contributed by atoms with Gasteiger partial charge in [-0.3, -0.25) is 4.79 Å². The smallest absolute Gasteiger partial charge is 0.391 e. The molecule has 0 saturated heterocycles. The lowest BCUT2D eigenvalue weighted by molar-refractivity contribution is -0.137. The second-order valence-electron chi connectivity index (χ2n) is 4.56. The lowest BCUT2D eigenvalue weighted by Crippen LogP contribution is -2.33. The monoisotopic (exact) mass is 321 g/mol. The number of aliphatic hydroxyl groups excluding tert-OH is 1. The molecule has 1 amide bonds. The molecule has 118 valence electrons. The Hall–Kier alpha value is -1.21. The summed E-state index contributed by atoms with van der Waals surface area (Å²) >= 11 is 1.03. The summed E-state index contributed by atoms with van der Waals surface area (Å²) in [7, 11) is 0. The molecule has 0 radical (unpaired) electrons. The Bertz CT molecular complexity index is 466. The van der Waals surface area contributed by atoms with E-state index in [9.17, 15) is 23.1 Å². The molecule has 0 aliphatic heterocycles. The molecular weight excluding hydrogens is 303 g/mol. The van der Waals surface area contributed by atoms with E-state index in [1.165, 1.54) is 12.1 Å². The lowest BCUT2D eigenvalue weighted by atomic mass is 10.2. The molecule has 0 fully saturated rings. The average Bonchev–Trinajstić information content (AvgIpc) is 2.42. The van der Waals surface area contributed by atoms with E-state index in [1.807, 2.05) is 6.92 Å². The highest BCUT2D eigenvalue weighted by Gasteiger charge is 2.30. The average molecular weight is 321 g/mol. The van der Waals surface area contributed by atoms with Crippen LogP contribution in [0.3, 0.4) is 0 Å². The van der Waals surface area contributed by atoms with Crippen LogP contribution in [0.25, 0.3) is 0 Å². The van der Waals surface area contributed by atoms with Gasteiger partial charge in [0.2, 0.25) is 5.91 Å². The van der Waals surface area contributed by atoms with E-state index in [-0.39, 0.29) is 18.2 Å². The standard InChI is InChI=1S/C14H18F3NO2S/c1-2-4-11(19)8-18-13(20)9-21-12-6-3-5-10(7-12)14(15,16)17/h3,5-7,11,19H,2,4,8-9H2,1H3,(H,18,20). The number of carbonyl (C=O) groups excluding carboxylic acids is 1. The summed E-state index contributed by atoms with van der Waals surface area (Å²) in [6, 6.07) is 4.85. The highest BCUT2D eigenvalue weighted by Crippen LogP contribution is 2.31. The highest BCUT2D eigenvalue weighted by atomic mass is 32.2. The van der Waals surface area contributed by atoms with Crippen LogP contribution in [0.15, 0.2) is 29.2 Å². The summed E-state index contributed by atoms with van der Waals surface area (Å²) in [6.07, 6.45) is -3.56. The molecule has 1 unspecified atom stereocenters. The number of rotatable bonds is 7. The van der Waals surface area contributed by atoms with Crippen molar-refractivity contribution >= 4 is 17.7 Å². The van der Waals surface area contributed by atoms with Crippen LogP contribution in [-0.4, -0.2) is 29.4 Å². The third kappa shape index (κ3) is 6.86. The molecule has 1 aromatic carbocycles. The van der Waals surface area contributed by atoms with Gasteiger partial charge in [-0.25, -0.2) is 0 Å². The Balaban J connectivity index is 2.43. The van der Waals surface area contributed by atoms with Crippen LogP contribution in [0, 0.1) is 0 Å². The fourth-order valence-electron chi connectivity index (χ4n) is 1.63. The molecule has 0 aromatic heterocycles. The zero-order valence-electron chi connectivity index (χ0n) is 11.6. The first-order chi connectivity index (χ1) is 9.82. The van der Waals surface area contributed by atoms with Gasteiger partial charge in [0.05, 0.1) is 17.4 Å². The van der Waals surface area contributed by atoms with Gasteiger partial charge in [-0.2, -0.15) is 13.2 Å². The van der Waals surface area contributed by atoms with Crippen LogP contribution in [-0.2, 0) is 11.0 Å². The van der Waals surface area contributed by atoms with Gasteiger partial charge in [0.25, 0.3) is 0 Å². The van der Waals surface area contributed by atoms with Crippen molar-refractivity contribution in [3.05, 3.63) is 29.8 Å². The molecule has 0 aliphatic rings. The molecule has 2 N–H and O–H groups in total. The third-order valence-electron chi connectivity index (χ3n) is 2.69. The van der Waals surface area contributed by atoms with Crippen LogP contribution in [0.2, 0.25) is 0 Å². The van der Waals surface area contributed by atoms with Gasteiger partial charge in [0.15, 0.2) is 0 Å². The van der Waals surface area contributed by atoms with Gasteiger partial charge in [0.1, 0.15) is 0 Å². The first-order valence-corrected chi connectivity index (χ1v) is 7.56. The first-order valence-electron chi connectivity index (χ1n) is 6.57. The van der Waals surface area contributed by atoms with Crippen LogP contribution >= 0.6 is 11.8 Å². The van der Waals surface area contributed by atoms with Crippen LogP contribution in [0.4, 0.5) is 13.2 Å². The number of benzene rings is 1. The van der Waals surface area contributed by atoms with E-state index in [2.05, 4.69) is 5.32 Å². The van der Waals surface area contributed by atoms with Crippen LogP contribution in [0.1, 0.15) is 25.3 Å². The van der Waals surface area contributed by atoms with E-state index in [0.717, 1.165) is 30.3 Å². The largest absolute Gasteiger partial charge is 0.416 e. The highest BCUT2D eigenvalue weighted by molar-refractivity contribution is 8.00. The summed E-state index contributed by atoms with van der Waals surface area (Å²) in [5.41, 5.74) is -0.730. The molecule has 0 bridgehead atoms. The van der Waals surface area contributed by atoms with Crippen molar-refractivity contribution in [1.82, 2.24) is 5.32 Å². The SMILES string of the molecule is CCCC(O)CNC(=O)CSc1cccc(C(F)(F)F)c1. The number of carbonyl (C=O) groups is 1. The maximum atomic E-state index is 12.5. The summed E-state index contributed by atoms with van der Waals surface area (Å²) in [5.74, 6) is -0.298. The molecule has 7 heteroatoms. The number of hydrogen-bond donors (Lipinski definition) is 2. The molecule has 0 spiro atoms. The number of alkyl halides is 3. The van der Waals surface area contributed by atoms with E-state index < -0.39 is 17.8 Å². The van der Waals surface area contributed by atoms with E-state index >= 15 is 0 Å². The van der Waals surface area contributed by atoms with Crippen LogP contribution in [0.5, 0.6) is 0 Å². The zero-order chi connectivity index (χ0) is 15.9. The number of halogens is 3. The molecule has 3 nitrogen and oxygen atoms in total. The van der Waals surface area contributed by atoms with Crippen molar-refractivity contribution in [2.24, 2.45) is 0 Å². The van der Waals surface area contributed by atoms with Gasteiger partial charge >= 0.3 is 6.18 Å². The fraction of sp³-hybridized carbons (Fsp3) is 0.500. The van der Waals surface area contributed by atoms with Crippen molar-refractivity contribution in [2.45, 2.75) is 36.9 Å². The van der Waals surface area contributed by atoms with Crippen molar-refractivity contribution in [1.29, 1.82) is 0 Å². The van der Waals surface area contributed by atoms with E-state index in [4.69, 9.17) is 0 Å². The molecule has 1 rings (SSSR count). The predicted molar refractivity (Wildman–Crippen MR) is 76.1 cm³/mol. The summed E-state index contributed by atoms with van der Waals surface area (Å²) in [6.45, 7) is 2.09. The quantitative estimate of drug-likeness (QED) is 0.759. The Morgan fingerprint density at radius 2 is 2.14 bits per heavy atom. The minimum absolute atomic E-state index is 0.0140. The zero-order valence-corrected chi connectivity index (χ0v) is 12.4. The predicted octanol–water partition coefficient (Wildman–Crippen LogP) is 3.07. The minimum atomic E-state index is -4.39. The van der Waals surface area contributed by atoms with E-state index in [0.29, 0.717) is 11.3 Å². The second-order valence-corrected chi connectivity index (χ2v) is 5.61. The first kappa shape index (κ1) is 17.8. The Kier molecular flexibility index (Phi) is 7.04. The molecule has 0 heterocycles. The Morgan fingerprint density at radius 3 is 2.76 bits per heavy atom. The normalized spacial score (nSPS) is 13.0. The summed E-state index contributed by atoms with van der Waals surface area (Å²) in [4.78, 5) is 11.9. The topological polar surface area (TPSA) is 49.3 Å². The number of nitrogens with one attached hydrogen (secondary N) is 1. The van der Waals surface area contributed by atoms with Crippen molar-refractivity contribution < 1.29 is 23.1 Å². The van der Waals surface area contributed by atoms with Gasteiger partial charge in [-0.1, -0.05) is 19.4 Å². The number of aliphatic hydroxyl groups is 1. The second kappa shape index (κ2) is 8.29. The molecule has 21 heavy (non-hydrogen) atoms. The molecular formula is C14H18F3NO2S. The Morgan fingerprint density at radius 1 is 1.43 bits per heavy atom. The molecule has 0 aliphatic carbocycles. The van der Waals surface area contributed by atoms with Gasteiger partial charge in [-0.05, 0) is 24.6 Å². The molecule has 1 atom stereocenters. The van der Waals surface area contributed by atoms with Crippen LogP contribution < -0.4 is 5.32 Å². The number of amides is 1. The third-order valence-corrected chi connectivity index (χ3v) is 3.68. The fourth-order valence-corrected chi connectivity index (χ4v) is 2.41. The van der Waals surface area contributed by atoms with Gasteiger partial charge < -0.3 is 10.4 Å². The summed E-state index contributed by atoms with van der Waals surface area (Å²) < 4.78 is 37.6. The number of hydrogen-bond acceptors (Lipinski definition) is 3. The van der Waals surface area contributed by atoms with Crippen molar-refractivity contribution in [3.8, 4) is 0 Å². The van der Waals surface area contributed by atoms with Gasteiger partial charge in [-0.15, -0.1) is 11.8 Å². The van der Waals surface area contributed by atoms with E-state index in [1.54, 1.807) is 0 Å². The van der Waals surface area contributed by atoms with Crippen molar-refractivity contribution in [3.63, 3.8) is 0 Å². The van der Waals surface area contributed by atoms with Gasteiger partial charge in [0, 0.05) is 11.4 Å². The molecule has 1 aromatic rings. The van der Waals surface area contributed by atoms with Crippen molar-refractivity contribution in [2.75, 3.05) is 12.3 Å². The lowest BCUT2D eigenvalue weighted by Gasteiger charge is -2.11. The summed E-state index contributed by atoms with van der Waals surface area (Å²) in [5, 5.41) is 12.0. The minimum Gasteiger partial charge on any atom is -0.391 e. The number of thioether (sulfide) groups is 1. The maximum absolute atomic E-state index is 12.5. The molecule has 0 saturated carbocycles.